The van der Waals surface area contributed by atoms with Gasteiger partial charge in [0, 0.05) is 35.3 Å². The Morgan fingerprint density at radius 1 is 0.968 bits per heavy atom. The summed E-state index contributed by atoms with van der Waals surface area (Å²) < 4.78 is 5.56. The summed E-state index contributed by atoms with van der Waals surface area (Å²) in [4.78, 5) is 27.3. The molecule has 0 aliphatic carbocycles. The van der Waals surface area contributed by atoms with Gasteiger partial charge in [-0.2, -0.15) is 15.0 Å². The van der Waals surface area contributed by atoms with Crippen molar-refractivity contribution < 1.29 is 4.42 Å². The number of hydrogen-bond donors (Lipinski definition) is 1. The van der Waals surface area contributed by atoms with Gasteiger partial charge in [-0.15, -0.1) is 0 Å². The van der Waals surface area contributed by atoms with Gasteiger partial charge in [-0.3, -0.25) is 0 Å². The van der Waals surface area contributed by atoms with Crippen LogP contribution in [0.5, 0.6) is 0 Å². The lowest BCUT2D eigenvalue weighted by atomic mass is 10.1. The lowest BCUT2D eigenvalue weighted by Crippen LogP contribution is -2.24. The number of aromatic nitrogens is 3. The van der Waals surface area contributed by atoms with Gasteiger partial charge in [0.2, 0.25) is 17.2 Å². The highest BCUT2D eigenvalue weighted by Gasteiger charge is 2.12. The first-order valence-corrected chi connectivity index (χ1v) is 10.5. The van der Waals surface area contributed by atoms with Crippen LogP contribution < -0.4 is 15.8 Å². The minimum atomic E-state index is -0.431. The molecule has 0 saturated carbocycles. The molecular formula is C22H19Cl2N5O2. The van der Waals surface area contributed by atoms with Crippen molar-refractivity contribution in [3.05, 3.63) is 69.3 Å². The lowest BCUT2D eigenvalue weighted by molar-refractivity contribution is 0.563. The largest absolute Gasteiger partial charge is 0.422 e. The van der Waals surface area contributed by atoms with Crippen molar-refractivity contribution >= 4 is 51.8 Å². The molecule has 0 saturated heterocycles. The molecule has 158 valence electrons. The van der Waals surface area contributed by atoms with Gasteiger partial charge in [-0.25, -0.2) is 4.79 Å². The summed E-state index contributed by atoms with van der Waals surface area (Å²) in [5, 5.41) is 4.59. The summed E-state index contributed by atoms with van der Waals surface area (Å²) in [7, 11) is 0. The van der Waals surface area contributed by atoms with Crippen molar-refractivity contribution in [1.82, 2.24) is 15.0 Å². The summed E-state index contributed by atoms with van der Waals surface area (Å²) in [5.41, 5.74) is 1.88. The van der Waals surface area contributed by atoms with E-state index in [1.165, 1.54) is 0 Å². The molecule has 9 heteroatoms. The molecule has 2 aromatic carbocycles. The van der Waals surface area contributed by atoms with Crippen molar-refractivity contribution in [2.24, 2.45) is 0 Å². The van der Waals surface area contributed by atoms with Crippen LogP contribution in [0.2, 0.25) is 10.3 Å². The number of anilines is 3. The van der Waals surface area contributed by atoms with Gasteiger partial charge in [0.05, 0.1) is 5.56 Å². The molecule has 0 aliphatic heterocycles. The number of halogens is 2. The smallest absolute Gasteiger partial charge is 0.344 e. The van der Waals surface area contributed by atoms with E-state index in [-0.39, 0.29) is 5.28 Å². The van der Waals surface area contributed by atoms with Crippen LogP contribution in [0.1, 0.15) is 13.8 Å². The lowest BCUT2D eigenvalue weighted by Gasteiger charge is -2.18. The van der Waals surface area contributed by atoms with E-state index in [1.807, 2.05) is 30.9 Å². The molecule has 4 aromatic rings. The second-order valence-electron chi connectivity index (χ2n) is 6.73. The average molecular weight is 456 g/mol. The number of fused-ring (bicyclic) bond motifs is 1. The van der Waals surface area contributed by atoms with E-state index in [2.05, 4.69) is 20.3 Å². The molecule has 0 bridgehead atoms. The van der Waals surface area contributed by atoms with Crippen LogP contribution in [0.4, 0.5) is 17.6 Å². The Morgan fingerprint density at radius 3 is 2.42 bits per heavy atom. The minimum absolute atomic E-state index is 0.0966. The van der Waals surface area contributed by atoms with E-state index in [9.17, 15) is 4.79 Å². The molecule has 0 unspecified atom stereocenters. The molecule has 2 heterocycles. The molecule has 2 aromatic heterocycles. The Kier molecular flexibility index (Phi) is 6.06. The highest BCUT2D eigenvalue weighted by molar-refractivity contribution is 6.30. The summed E-state index contributed by atoms with van der Waals surface area (Å²) in [5.74, 6) is 0.800. The van der Waals surface area contributed by atoms with Gasteiger partial charge in [0.1, 0.15) is 5.58 Å². The van der Waals surface area contributed by atoms with Gasteiger partial charge >= 0.3 is 5.63 Å². The summed E-state index contributed by atoms with van der Waals surface area (Å²) in [6, 6.07) is 14.3. The van der Waals surface area contributed by atoms with Crippen LogP contribution in [0.3, 0.4) is 0 Å². The van der Waals surface area contributed by atoms with Crippen molar-refractivity contribution in [1.29, 1.82) is 0 Å². The van der Waals surface area contributed by atoms with Crippen molar-refractivity contribution in [3.8, 4) is 11.1 Å². The van der Waals surface area contributed by atoms with Gasteiger partial charge in [0.25, 0.3) is 0 Å². The van der Waals surface area contributed by atoms with Crippen molar-refractivity contribution in [2.75, 3.05) is 23.3 Å². The third kappa shape index (κ3) is 4.62. The normalized spacial score (nSPS) is 11.0. The SMILES string of the molecule is CCN(CC)c1nc(Cl)nc(Nc2ccc3cc(-c4ccc(Cl)cc4)c(=O)oc3c2)n1. The van der Waals surface area contributed by atoms with Crippen LogP contribution in [-0.4, -0.2) is 28.0 Å². The zero-order valence-corrected chi connectivity index (χ0v) is 18.4. The predicted molar refractivity (Wildman–Crippen MR) is 125 cm³/mol. The third-order valence-electron chi connectivity index (χ3n) is 4.79. The predicted octanol–water partition coefficient (Wildman–Crippen LogP) is 5.54. The molecule has 0 amide bonds. The molecule has 0 spiro atoms. The molecule has 0 atom stereocenters. The Morgan fingerprint density at radius 2 is 1.71 bits per heavy atom. The van der Waals surface area contributed by atoms with Gasteiger partial charge in [0.15, 0.2) is 0 Å². The standard InChI is InChI=1S/C22H19Cl2N5O2/c1-3-29(4-2)22-27-20(24)26-21(28-22)25-16-10-7-14-11-17(19(30)31-18(14)12-16)13-5-8-15(23)9-6-13/h5-12H,3-4H2,1-2H3,(H,25,26,27,28). The second kappa shape index (κ2) is 8.91. The van der Waals surface area contributed by atoms with Gasteiger partial charge in [-0.1, -0.05) is 23.7 Å². The van der Waals surface area contributed by atoms with E-state index in [4.69, 9.17) is 27.6 Å². The zero-order chi connectivity index (χ0) is 22.0. The maximum absolute atomic E-state index is 12.5. The van der Waals surface area contributed by atoms with Crippen LogP contribution >= 0.6 is 23.2 Å². The molecule has 0 aliphatic rings. The Balaban J connectivity index is 1.67. The first-order chi connectivity index (χ1) is 15.0. The third-order valence-corrected chi connectivity index (χ3v) is 5.21. The molecular weight excluding hydrogens is 437 g/mol. The van der Waals surface area contributed by atoms with Crippen LogP contribution in [-0.2, 0) is 0 Å². The number of benzene rings is 2. The quantitative estimate of drug-likeness (QED) is 0.381. The highest BCUT2D eigenvalue weighted by atomic mass is 35.5. The average Bonchev–Trinajstić information content (AvgIpc) is 2.74. The summed E-state index contributed by atoms with van der Waals surface area (Å²) >= 11 is 12.0. The van der Waals surface area contributed by atoms with Crippen LogP contribution in [0.25, 0.3) is 22.1 Å². The monoisotopic (exact) mass is 455 g/mol. The fourth-order valence-electron chi connectivity index (χ4n) is 3.19. The van der Waals surface area contributed by atoms with E-state index in [0.29, 0.717) is 33.8 Å². The second-order valence-corrected chi connectivity index (χ2v) is 7.51. The highest BCUT2D eigenvalue weighted by Crippen LogP contribution is 2.26. The van der Waals surface area contributed by atoms with Crippen molar-refractivity contribution in [2.45, 2.75) is 13.8 Å². The Hall–Kier alpha value is -3.16. The number of nitrogens with one attached hydrogen (secondary N) is 1. The fourth-order valence-corrected chi connectivity index (χ4v) is 3.47. The topological polar surface area (TPSA) is 84.2 Å². The van der Waals surface area contributed by atoms with Gasteiger partial charge < -0.3 is 14.6 Å². The molecule has 0 fully saturated rings. The fraction of sp³-hybridized carbons (Fsp3) is 0.182. The zero-order valence-electron chi connectivity index (χ0n) is 16.9. The Labute approximate surface area is 188 Å². The summed E-state index contributed by atoms with van der Waals surface area (Å²) in [6.45, 7) is 5.51. The molecule has 1 N–H and O–H groups in total. The van der Waals surface area contributed by atoms with Crippen molar-refractivity contribution in [3.63, 3.8) is 0 Å². The number of nitrogens with zero attached hydrogens (tertiary/aromatic N) is 4. The van der Waals surface area contributed by atoms with Gasteiger partial charge in [-0.05, 0) is 61.3 Å². The molecule has 0 radical (unpaired) electrons. The number of hydrogen-bond acceptors (Lipinski definition) is 7. The van der Waals surface area contributed by atoms with Crippen LogP contribution in [0.15, 0.2) is 57.7 Å². The van der Waals surface area contributed by atoms with E-state index >= 15 is 0 Å². The van der Waals surface area contributed by atoms with E-state index in [1.54, 1.807) is 36.4 Å². The first kappa shape index (κ1) is 21.1. The van der Waals surface area contributed by atoms with Crippen LogP contribution in [0, 0.1) is 0 Å². The maximum Gasteiger partial charge on any atom is 0.344 e. The van der Waals surface area contributed by atoms with E-state index < -0.39 is 5.63 Å². The molecule has 31 heavy (non-hydrogen) atoms. The molecule has 4 rings (SSSR count). The molecule has 7 nitrogen and oxygen atoms in total. The van der Waals surface area contributed by atoms with E-state index in [0.717, 1.165) is 24.0 Å². The summed E-state index contributed by atoms with van der Waals surface area (Å²) in [6.07, 6.45) is 0. The Bertz CT molecular complexity index is 1290. The number of rotatable bonds is 6. The minimum Gasteiger partial charge on any atom is -0.422 e. The maximum atomic E-state index is 12.5. The first-order valence-electron chi connectivity index (χ1n) is 9.74.